The Balaban J connectivity index is 1.86. The van der Waals surface area contributed by atoms with E-state index in [9.17, 15) is 27.6 Å². The van der Waals surface area contributed by atoms with Crippen LogP contribution in [-0.2, 0) is 39.9 Å². The molecule has 1 aliphatic heterocycles. The normalized spacial score (nSPS) is 19.5. The van der Waals surface area contributed by atoms with Crippen LogP contribution in [0.2, 0.25) is 0 Å². The van der Waals surface area contributed by atoms with E-state index in [4.69, 9.17) is 0 Å². The van der Waals surface area contributed by atoms with E-state index in [2.05, 4.69) is 5.10 Å². The molecule has 2 aliphatic rings. The van der Waals surface area contributed by atoms with Crippen molar-refractivity contribution in [2.75, 3.05) is 33.7 Å². The molecule has 166 valence electrons. The molecule has 2 heterocycles. The van der Waals surface area contributed by atoms with Gasteiger partial charge in [-0.15, -0.1) is 0 Å². The first kappa shape index (κ1) is 22.1. The number of piperazine rings is 1. The quantitative estimate of drug-likeness (QED) is 0.716. The van der Waals surface area contributed by atoms with Crippen molar-refractivity contribution in [3.63, 3.8) is 0 Å². The molecule has 0 saturated carbocycles. The van der Waals surface area contributed by atoms with Crippen LogP contribution in [0.25, 0.3) is 0 Å². The molecule has 11 heteroatoms. The zero-order valence-electron chi connectivity index (χ0n) is 17.3. The Morgan fingerprint density at radius 3 is 2.40 bits per heavy atom. The first-order valence-corrected chi connectivity index (χ1v) is 9.92. The second-order valence-electron chi connectivity index (χ2n) is 7.94. The monoisotopic (exact) mass is 429 g/mol. The van der Waals surface area contributed by atoms with Gasteiger partial charge in [-0.3, -0.25) is 19.1 Å². The van der Waals surface area contributed by atoms with E-state index in [1.165, 1.54) is 21.6 Å². The Morgan fingerprint density at radius 1 is 1.13 bits per heavy atom. The van der Waals surface area contributed by atoms with Gasteiger partial charge in [0.05, 0.1) is 6.54 Å². The molecular formula is C19H26F3N5O3. The van der Waals surface area contributed by atoms with Crippen LogP contribution in [0.15, 0.2) is 0 Å². The fraction of sp³-hybridized carbons (Fsp3) is 0.684. The Kier molecular flexibility index (Phi) is 6.09. The minimum atomic E-state index is -4.58. The van der Waals surface area contributed by atoms with Crippen molar-refractivity contribution in [2.45, 2.75) is 51.4 Å². The van der Waals surface area contributed by atoms with Gasteiger partial charge in [0.1, 0.15) is 12.6 Å². The van der Waals surface area contributed by atoms with Gasteiger partial charge < -0.3 is 14.7 Å². The van der Waals surface area contributed by atoms with Crippen molar-refractivity contribution in [2.24, 2.45) is 0 Å². The maximum atomic E-state index is 13.4. The lowest BCUT2D eigenvalue weighted by molar-refractivity contribution is -0.151. The molecule has 1 atom stereocenters. The van der Waals surface area contributed by atoms with Crippen LogP contribution in [0.5, 0.6) is 0 Å². The van der Waals surface area contributed by atoms with Gasteiger partial charge >= 0.3 is 6.18 Å². The van der Waals surface area contributed by atoms with Crippen LogP contribution in [0.4, 0.5) is 13.2 Å². The zero-order chi connectivity index (χ0) is 22.2. The molecule has 3 amide bonds. The average molecular weight is 429 g/mol. The van der Waals surface area contributed by atoms with Crippen LogP contribution >= 0.6 is 0 Å². The van der Waals surface area contributed by atoms with Gasteiger partial charge in [0, 0.05) is 45.4 Å². The Labute approximate surface area is 172 Å². The van der Waals surface area contributed by atoms with Gasteiger partial charge in [0.25, 0.3) is 0 Å². The van der Waals surface area contributed by atoms with E-state index in [1.807, 2.05) is 0 Å². The van der Waals surface area contributed by atoms with Crippen molar-refractivity contribution < 1.29 is 27.6 Å². The highest BCUT2D eigenvalue weighted by Crippen LogP contribution is 2.35. The maximum absolute atomic E-state index is 13.4. The first-order valence-electron chi connectivity index (χ1n) is 9.92. The standard InChI is InChI=1S/C19H26F3N5O3/c1-12(28)25-8-9-26(15(10-25)18(30)24(2)3)16(29)11-27-14-7-5-4-6-13(14)17(23-27)19(20,21)22/h15H,4-11H2,1-3H3/t15-/m1/s1. The molecule has 0 N–H and O–H groups in total. The molecule has 1 saturated heterocycles. The van der Waals surface area contributed by atoms with Gasteiger partial charge in [-0.2, -0.15) is 18.3 Å². The number of carbonyl (C=O) groups excluding carboxylic acids is 3. The SMILES string of the molecule is CC(=O)N1CCN(C(=O)Cn2nc(C(F)(F)F)c3c2CCCC3)[C@@H](C(=O)N(C)C)C1. The Morgan fingerprint density at radius 2 is 1.80 bits per heavy atom. The summed E-state index contributed by atoms with van der Waals surface area (Å²) in [6.45, 7) is 1.49. The second-order valence-corrected chi connectivity index (χ2v) is 7.94. The fourth-order valence-corrected chi connectivity index (χ4v) is 4.13. The summed E-state index contributed by atoms with van der Waals surface area (Å²) in [6, 6.07) is -0.876. The molecule has 30 heavy (non-hydrogen) atoms. The number of amides is 3. The Hall–Kier alpha value is -2.59. The second kappa shape index (κ2) is 8.27. The van der Waals surface area contributed by atoms with Gasteiger partial charge in [0.15, 0.2) is 5.69 Å². The van der Waals surface area contributed by atoms with Crippen LogP contribution in [0.1, 0.15) is 36.7 Å². The van der Waals surface area contributed by atoms with Crippen LogP contribution in [0, 0.1) is 0 Å². The van der Waals surface area contributed by atoms with Crippen LogP contribution in [0.3, 0.4) is 0 Å². The summed E-state index contributed by atoms with van der Waals surface area (Å²) in [5.41, 5.74) is -0.309. The van der Waals surface area contributed by atoms with Crippen molar-refractivity contribution in [1.82, 2.24) is 24.5 Å². The highest BCUT2D eigenvalue weighted by molar-refractivity contribution is 5.88. The van der Waals surface area contributed by atoms with Gasteiger partial charge in [-0.05, 0) is 25.7 Å². The Bertz CT molecular complexity index is 849. The van der Waals surface area contributed by atoms with Gasteiger partial charge in [0.2, 0.25) is 17.7 Å². The highest BCUT2D eigenvalue weighted by Gasteiger charge is 2.41. The number of alkyl halides is 3. The summed E-state index contributed by atoms with van der Waals surface area (Å²) in [4.78, 5) is 41.6. The van der Waals surface area contributed by atoms with Gasteiger partial charge in [-0.1, -0.05) is 0 Å². The number of aromatic nitrogens is 2. The van der Waals surface area contributed by atoms with E-state index >= 15 is 0 Å². The van der Waals surface area contributed by atoms with E-state index in [0.29, 0.717) is 18.5 Å². The third-order valence-electron chi connectivity index (χ3n) is 5.68. The number of nitrogens with zero attached hydrogens (tertiary/aromatic N) is 5. The molecule has 0 unspecified atom stereocenters. The van der Waals surface area contributed by atoms with E-state index < -0.39 is 23.8 Å². The van der Waals surface area contributed by atoms with E-state index in [-0.39, 0.29) is 50.0 Å². The first-order chi connectivity index (χ1) is 14.0. The highest BCUT2D eigenvalue weighted by atomic mass is 19.4. The molecule has 3 rings (SSSR count). The largest absolute Gasteiger partial charge is 0.435 e. The van der Waals surface area contributed by atoms with Gasteiger partial charge in [-0.25, -0.2) is 0 Å². The predicted octanol–water partition coefficient (Wildman–Crippen LogP) is 0.928. The average Bonchev–Trinajstić information content (AvgIpc) is 3.05. The van der Waals surface area contributed by atoms with Crippen molar-refractivity contribution in [1.29, 1.82) is 0 Å². The number of hydrogen-bond donors (Lipinski definition) is 0. The number of halogens is 3. The number of carbonyl (C=O) groups is 3. The molecule has 1 aromatic heterocycles. The molecule has 1 aliphatic carbocycles. The van der Waals surface area contributed by atoms with Crippen LogP contribution in [-0.4, -0.2) is 82.0 Å². The fourth-order valence-electron chi connectivity index (χ4n) is 4.13. The topological polar surface area (TPSA) is 78.8 Å². The smallest absolute Gasteiger partial charge is 0.347 e. The summed E-state index contributed by atoms with van der Waals surface area (Å²) in [6.07, 6.45) is -2.46. The molecular weight excluding hydrogens is 403 g/mol. The molecule has 0 spiro atoms. The third-order valence-corrected chi connectivity index (χ3v) is 5.68. The van der Waals surface area contributed by atoms with Crippen molar-refractivity contribution in [3.8, 4) is 0 Å². The van der Waals surface area contributed by atoms with E-state index in [1.54, 1.807) is 14.1 Å². The summed E-state index contributed by atoms with van der Waals surface area (Å²) >= 11 is 0. The zero-order valence-corrected chi connectivity index (χ0v) is 17.3. The lowest BCUT2D eigenvalue weighted by Gasteiger charge is -2.41. The lowest BCUT2D eigenvalue weighted by atomic mass is 9.95. The van der Waals surface area contributed by atoms with Crippen molar-refractivity contribution >= 4 is 17.7 Å². The molecule has 0 bridgehead atoms. The number of hydrogen-bond acceptors (Lipinski definition) is 4. The molecule has 8 nitrogen and oxygen atoms in total. The van der Waals surface area contributed by atoms with Crippen molar-refractivity contribution in [3.05, 3.63) is 17.0 Å². The predicted molar refractivity (Wildman–Crippen MR) is 100 cm³/mol. The molecule has 0 radical (unpaired) electrons. The number of likely N-dealkylation sites (N-methyl/N-ethyl adjacent to an activating group) is 1. The third kappa shape index (κ3) is 4.29. The minimum Gasteiger partial charge on any atom is -0.347 e. The summed E-state index contributed by atoms with van der Waals surface area (Å²) < 4.78 is 41.3. The summed E-state index contributed by atoms with van der Waals surface area (Å²) in [5.74, 6) is -1.02. The minimum absolute atomic E-state index is 0.0586. The van der Waals surface area contributed by atoms with E-state index in [0.717, 1.165) is 11.1 Å². The van der Waals surface area contributed by atoms with Crippen LogP contribution < -0.4 is 0 Å². The number of fused-ring (bicyclic) bond motifs is 1. The maximum Gasteiger partial charge on any atom is 0.435 e. The summed E-state index contributed by atoms with van der Waals surface area (Å²) in [5, 5.41) is 3.73. The molecule has 1 fully saturated rings. The number of rotatable bonds is 3. The lowest BCUT2D eigenvalue weighted by Crippen LogP contribution is -2.61. The summed E-state index contributed by atoms with van der Waals surface area (Å²) in [7, 11) is 3.11. The molecule has 0 aromatic carbocycles. The molecule has 1 aromatic rings.